The summed E-state index contributed by atoms with van der Waals surface area (Å²) in [5.74, 6) is 0. The van der Waals surface area contributed by atoms with Crippen molar-refractivity contribution in [2.75, 3.05) is 6.61 Å². The highest BCUT2D eigenvalue weighted by molar-refractivity contribution is 5.61. The van der Waals surface area contributed by atoms with Crippen molar-refractivity contribution in [3.05, 3.63) is 42.2 Å². The molecule has 2 aromatic rings. The number of nitrogens with zero attached hydrogens (tertiary/aromatic N) is 2. The standard InChI is InChI=1S/C15H20N2O/c1-4-17-11-15(10-16-17)14-8-6-13(7-9-14)12(3)18-5-2/h6-12H,4-5H2,1-3H3. The molecule has 0 fully saturated rings. The molecule has 0 bridgehead atoms. The largest absolute Gasteiger partial charge is 0.374 e. The maximum Gasteiger partial charge on any atom is 0.0796 e. The van der Waals surface area contributed by atoms with Gasteiger partial charge in [0.2, 0.25) is 0 Å². The first-order valence-corrected chi connectivity index (χ1v) is 6.49. The van der Waals surface area contributed by atoms with E-state index < -0.39 is 0 Å². The monoisotopic (exact) mass is 244 g/mol. The van der Waals surface area contributed by atoms with Gasteiger partial charge in [0.15, 0.2) is 0 Å². The summed E-state index contributed by atoms with van der Waals surface area (Å²) >= 11 is 0. The topological polar surface area (TPSA) is 27.1 Å². The molecule has 1 aromatic carbocycles. The molecule has 1 heterocycles. The summed E-state index contributed by atoms with van der Waals surface area (Å²) < 4.78 is 7.52. The van der Waals surface area contributed by atoms with Crippen LogP contribution in [0.3, 0.4) is 0 Å². The van der Waals surface area contributed by atoms with Crippen LogP contribution in [0.4, 0.5) is 0 Å². The van der Waals surface area contributed by atoms with Crippen LogP contribution in [0, 0.1) is 0 Å². The molecule has 1 atom stereocenters. The lowest BCUT2D eigenvalue weighted by Gasteiger charge is -2.12. The normalized spacial score (nSPS) is 12.6. The van der Waals surface area contributed by atoms with Gasteiger partial charge in [0.25, 0.3) is 0 Å². The molecular formula is C15H20N2O. The maximum absolute atomic E-state index is 5.58. The molecule has 0 aliphatic carbocycles. The third kappa shape index (κ3) is 2.79. The third-order valence-electron chi connectivity index (χ3n) is 3.09. The van der Waals surface area contributed by atoms with Gasteiger partial charge < -0.3 is 4.74 Å². The lowest BCUT2D eigenvalue weighted by atomic mass is 10.0. The minimum absolute atomic E-state index is 0.155. The Morgan fingerprint density at radius 2 is 1.89 bits per heavy atom. The van der Waals surface area contributed by atoms with Gasteiger partial charge in [0.1, 0.15) is 0 Å². The Hall–Kier alpha value is -1.61. The van der Waals surface area contributed by atoms with Gasteiger partial charge in [-0.05, 0) is 31.9 Å². The van der Waals surface area contributed by atoms with E-state index in [1.54, 1.807) is 0 Å². The molecule has 0 aliphatic heterocycles. The fraction of sp³-hybridized carbons (Fsp3) is 0.400. The molecule has 0 saturated carbocycles. The molecule has 0 N–H and O–H groups in total. The summed E-state index contributed by atoms with van der Waals surface area (Å²) in [6.45, 7) is 7.83. The van der Waals surface area contributed by atoms with Crippen LogP contribution in [0.5, 0.6) is 0 Å². The van der Waals surface area contributed by atoms with Gasteiger partial charge in [-0.25, -0.2) is 0 Å². The van der Waals surface area contributed by atoms with Crippen molar-refractivity contribution in [1.82, 2.24) is 9.78 Å². The first-order valence-electron chi connectivity index (χ1n) is 6.49. The smallest absolute Gasteiger partial charge is 0.0796 e. The van der Waals surface area contributed by atoms with E-state index in [9.17, 15) is 0 Å². The van der Waals surface area contributed by atoms with Crippen LogP contribution in [-0.2, 0) is 11.3 Å². The Morgan fingerprint density at radius 3 is 2.44 bits per heavy atom. The van der Waals surface area contributed by atoms with E-state index in [1.807, 2.05) is 17.8 Å². The lowest BCUT2D eigenvalue weighted by Crippen LogP contribution is -1.98. The van der Waals surface area contributed by atoms with Crippen LogP contribution in [0.1, 0.15) is 32.4 Å². The highest BCUT2D eigenvalue weighted by atomic mass is 16.5. The summed E-state index contributed by atoms with van der Waals surface area (Å²) in [6.07, 6.45) is 4.13. The summed E-state index contributed by atoms with van der Waals surface area (Å²) in [6, 6.07) is 8.50. The van der Waals surface area contributed by atoms with Crippen molar-refractivity contribution in [2.45, 2.75) is 33.4 Å². The first-order chi connectivity index (χ1) is 8.74. The zero-order valence-corrected chi connectivity index (χ0v) is 11.3. The van der Waals surface area contributed by atoms with E-state index in [-0.39, 0.29) is 6.10 Å². The Balaban J connectivity index is 2.16. The second-order valence-electron chi connectivity index (χ2n) is 4.30. The van der Waals surface area contributed by atoms with Crippen molar-refractivity contribution in [2.24, 2.45) is 0 Å². The van der Waals surface area contributed by atoms with Crippen LogP contribution >= 0.6 is 0 Å². The van der Waals surface area contributed by atoms with Crippen molar-refractivity contribution >= 4 is 0 Å². The predicted molar refractivity (Wildman–Crippen MR) is 73.4 cm³/mol. The fourth-order valence-corrected chi connectivity index (χ4v) is 1.98. The van der Waals surface area contributed by atoms with Gasteiger partial charge in [0.05, 0.1) is 12.3 Å². The van der Waals surface area contributed by atoms with Crippen LogP contribution in [0.2, 0.25) is 0 Å². The van der Waals surface area contributed by atoms with Gasteiger partial charge in [-0.3, -0.25) is 4.68 Å². The number of benzene rings is 1. The molecule has 0 saturated heterocycles. The molecule has 3 heteroatoms. The van der Waals surface area contributed by atoms with E-state index in [0.29, 0.717) is 0 Å². The SMILES string of the molecule is CCOC(C)c1ccc(-c2cnn(CC)c2)cc1. The number of rotatable bonds is 5. The highest BCUT2D eigenvalue weighted by Gasteiger charge is 2.06. The summed E-state index contributed by atoms with van der Waals surface area (Å²) in [5, 5.41) is 4.29. The van der Waals surface area contributed by atoms with E-state index >= 15 is 0 Å². The van der Waals surface area contributed by atoms with Crippen molar-refractivity contribution in [1.29, 1.82) is 0 Å². The van der Waals surface area contributed by atoms with Gasteiger partial charge in [-0.1, -0.05) is 24.3 Å². The van der Waals surface area contributed by atoms with E-state index in [4.69, 9.17) is 4.74 Å². The quantitative estimate of drug-likeness (QED) is 0.802. The lowest BCUT2D eigenvalue weighted by molar-refractivity contribution is 0.0764. The molecule has 96 valence electrons. The van der Waals surface area contributed by atoms with Crippen molar-refractivity contribution in [3.8, 4) is 11.1 Å². The molecule has 18 heavy (non-hydrogen) atoms. The van der Waals surface area contributed by atoms with Gasteiger partial charge in [-0.2, -0.15) is 5.10 Å². The van der Waals surface area contributed by atoms with Gasteiger partial charge in [0, 0.05) is 24.9 Å². The van der Waals surface area contributed by atoms with Crippen LogP contribution < -0.4 is 0 Å². The Morgan fingerprint density at radius 1 is 1.17 bits per heavy atom. The number of hydrogen-bond acceptors (Lipinski definition) is 2. The van der Waals surface area contributed by atoms with Gasteiger partial charge >= 0.3 is 0 Å². The zero-order chi connectivity index (χ0) is 13.0. The Labute approximate surface area is 108 Å². The van der Waals surface area contributed by atoms with Crippen molar-refractivity contribution in [3.63, 3.8) is 0 Å². The predicted octanol–water partition coefficient (Wildman–Crippen LogP) is 3.67. The molecule has 3 nitrogen and oxygen atoms in total. The molecule has 0 radical (unpaired) electrons. The molecule has 1 aromatic heterocycles. The average molecular weight is 244 g/mol. The van der Waals surface area contributed by atoms with Crippen LogP contribution in [0.15, 0.2) is 36.7 Å². The summed E-state index contributed by atoms with van der Waals surface area (Å²) in [5.41, 5.74) is 3.57. The first kappa shape index (κ1) is 12.8. The Kier molecular flexibility index (Phi) is 4.15. The van der Waals surface area contributed by atoms with Gasteiger partial charge in [-0.15, -0.1) is 0 Å². The Bertz CT molecular complexity index is 487. The zero-order valence-electron chi connectivity index (χ0n) is 11.3. The summed E-state index contributed by atoms with van der Waals surface area (Å²) in [4.78, 5) is 0. The molecular weight excluding hydrogens is 224 g/mol. The van der Waals surface area contributed by atoms with E-state index in [2.05, 4.69) is 49.4 Å². The molecule has 1 unspecified atom stereocenters. The van der Waals surface area contributed by atoms with Crippen LogP contribution in [-0.4, -0.2) is 16.4 Å². The molecule has 2 rings (SSSR count). The van der Waals surface area contributed by atoms with Crippen molar-refractivity contribution < 1.29 is 4.74 Å². The number of ether oxygens (including phenoxy) is 1. The molecule has 0 spiro atoms. The minimum Gasteiger partial charge on any atom is -0.374 e. The number of aromatic nitrogens is 2. The van der Waals surface area contributed by atoms with E-state index in [1.165, 1.54) is 11.1 Å². The third-order valence-corrected chi connectivity index (χ3v) is 3.09. The number of aryl methyl sites for hydroxylation is 1. The molecule has 0 amide bonds. The second kappa shape index (κ2) is 5.83. The maximum atomic E-state index is 5.58. The average Bonchev–Trinajstić information content (AvgIpc) is 2.88. The fourth-order valence-electron chi connectivity index (χ4n) is 1.98. The van der Waals surface area contributed by atoms with Crippen LogP contribution in [0.25, 0.3) is 11.1 Å². The molecule has 0 aliphatic rings. The second-order valence-corrected chi connectivity index (χ2v) is 4.30. The summed E-state index contributed by atoms with van der Waals surface area (Å²) in [7, 11) is 0. The van der Waals surface area contributed by atoms with E-state index in [0.717, 1.165) is 18.7 Å². The highest BCUT2D eigenvalue weighted by Crippen LogP contribution is 2.22. The minimum atomic E-state index is 0.155. The number of hydrogen-bond donors (Lipinski definition) is 0.